The first-order valence-corrected chi connectivity index (χ1v) is 6.34. The molecule has 0 spiro atoms. The third kappa shape index (κ3) is 2.36. The monoisotopic (exact) mass is 297 g/mol. The Hall–Kier alpha value is -2.02. The second-order valence-corrected chi connectivity index (χ2v) is 5.08. The number of benzene rings is 2. The Bertz CT molecular complexity index is 813. The largest absolute Gasteiger partial charge is 0.453 e. The van der Waals surface area contributed by atoms with E-state index in [9.17, 15) is 18.0 Å². The molecule has 3 nitrogen and oxygen atoms in total. The third-order valence-corrected chi connectivity index (χ3v) is 3.37. The van der Waals surface area contributed by atoms with Crippen molar-refractivity contribution in [3.63, 3.8) is 0 Å². The molecule has 3 rings (SSSR count). The second kappa shape index (κ2) is 4.52. The van der Waals surface area contributed by atoms with Crippen LogP contribution >= 0.6 is 11.8 Å². The molecule has 1 heterocycles. The molecule has 0 radical (unpaired) electrons. The highest BCUT2D eigenvalue weighted by Gasteiger charge is 2.31. The molecule has 0 amide bonds. The first kappa shape index (κ1) is 13.0. The molecular formula is C13H6F3NO2S. The molecule has 20 heavy (non-hydrogen) atoms. The number of halogens is 3. The van der Waals surface area contributed by atoms with Crippen molar-refractivity contribution in [2.24, 2.45) is 0 Å². The average Bonchev–Trinajstić information content (AvgIpc) is 2.39. The Labute approximate surface area is 114 Å². The molecule has 2 aliphatic rings. The van der Waals surface area contributed by atoms with E-state index in [1.807, 2.05) is 0 Å². The fourth-order valence-electron chi connectivity index (χ4n) is 1.80. The highest BCUT2D eigenvalue weighted by molar-refractivity contribution is 8.00. The predicted molar refractivity (Wildman–Crippen MR) is 68.8 cm³/mol. The van der Waals surface area contributed by atoms with Crippen LogP contribution in [-0.4, -0.2) is 10.5 Å². The standard InChI is InChI=1S/C13H6F3NO2S/c14-13(15,16)20-10-6-5-9-11(12(10)18)17-7-3-1-2-4-8(7)19-9/h1-6H. The lowest BCUT2D eigenvalue weighted by atomic mass is 10.2. The molecule has 0 atom stereocenters. The topological polar surface area (TPSA) is 43.1 Å². The Kier molecular flexibility index (Phi) is 2.93. The van der Waals surface area contributed by atoms with E-state index >= 15 is 0 Å². The minimum absolute atomic E-state index is 0.0991. The van der Waals surface area contributed by atoms with Crippen LogP contribution in [0.3, 0.4) is 0 Å². The van der Waals surface area contributed by atoms with Crippen molar-refractivity contribution in [2.75, 3.05) is 0 Å². The first-order chi connectivity index (χ1) is 9.44. The molecule has 0 N–H and O–H groups in total. The van der Waals surface area contributed by atoms with Crippen LogP contribution in [0.1, 0.15) is 0 Å². The van der Waals surface area contributed by atoms with Gasteiger partial charge in [0.2, 0.25) is 5.43 Å². The van der Waals surface area contributed by atoms with Crippen LogP contribution in [0, 0.1) is 0 Å². The van der Waals surface area contributed by atoms with Gasteiger partial charge in [0.15, 0.2) is 17.0 Å². The van der Waals surface area contributed by atoms with Gasteiger partial charge in [0, 0.05) is 0 Å². The number of aromatic nitrogens is 1. The van der Waals surface area contributed by atoms with E-state index in [0.29, 0.717) is 11.1 Å². The van der Waals surface area contributed by atoms with Crippen molar-refractivity contribution in [3.05, 3.63) is 46.6 Å². The van der Waals surface area contributed by atoms with Gasteiger partial charge in [-0.25, -0.2) is 4.98 Å². The van der Waals surface area contributed by atoms with E-state index in [2.05, 4.69) is 4.98 Å². The maximum Gasteiger partial charge on any atom is 0.446 e. The number of alkyl halides is 3. The number of nitrogens with zero attached hydrogens (tertiary/aromatic N) is 1. The van der Waals surface area contributed by atoms with E-state index in [4.69, 9.17) is 4.42 Å². The summed E-state index contributed by atoms with van der Waals surface area (Å²) in [5.41, 5.74) is -4.50. The predicted octanol–water partition coefficient (Wildman–Crippen LogP) is 3.90. The van der Waals surface area contributed by atoms with E-state index in [1.165, 1.54) is 6.07 Å². The van der Waals surface area contributed by atoms with Gasteiger partial charge in [0.1, 0.15) is 5.52 Å². The van der Waals surface area contributed by atoms with Gasteiger partial charge >= 0.3 is 5.51 Å². The molecule has 0 saturated heterocycles. The van der Waals surface area contributed by atoms with Crippen molar-refractivity contribution in [3.8, 4) is 11.5 Å². The van der Waals surface area contributed by atoms with Gasteiger partial charge in [-0.3, -0.25) is 4.79 Å². The zero-order chi connectivity index (χ0) is 14.3. The zero-order valence-corrected chi connectivity index (χ0v) is 10.6. The van der Waals surface area contributed by atoms with Crippen molar-refractivity contribution >= 4 is 22.9 Å². The third-order valence-electron chi connectivity index (χ3n) is 2.60. The van der Waals surface area contributed by atoms with Gasteiger partial charge < -0.3 is 4.42 Å². The van der Waals surface area contributed by atoms with Gasteiger partial charge in [-0.05, 0) is 36.0 Å². The van der Waals surface area contributed by atoms with Crippen LogP contribution in [-0.2, 0) is 0 Å². The lowest BCUT2D eigenvalue weighted by Crippen LogP contribution is -2.13. The van der Waals surface area contributed by atoms with Gasteiger partial charge in [-0.15, -0.1) is 0 Å². The van der Waals surface area contributed by atoms with Crippen LogP contribution in [0.2, 0.25) is 0 Å². The summed E-state index contributed by atoms with van der Waals surface area (Å²) < 4.78 is 42.5. The number of thioether (sulfide) groups is 1. The number of hydrogen-bond acceptors (Lipinski definition) is 4. The van der Waals surface area contributed by atoms with Crippen molar-refractivity contribution in [1.29, 1.82) is 0 Å². The van der Waals surface area contributed by atoms with Gasteiger partial charge in [0.25, 0.3) is 0 Å². The summed E-state index contributed by atoms with van der Waals surface area (Å²) in [6, 6.07) is 9.17. The lowest BCUT2D eigenvalue weighted by molar-refractivity contribution is -0.0328. The van der Waals surface area contributed by atoms with Gasteiger partial charge in [-0.2, -0.15) is 13.2 Å². The maximum absolute atomic E-state index is 12.4. The summed E-state index contributed by atoms with van der Waals surface area (Å²) in [6.07, 6.45) is 0. The smallest absolute Gasteiger partial charge is 0.446 e. The molecule has 0 aromatic heterocycles. The maximum atomic E-state index is 12.4. The van der Waals surface area contributed by atoms with Crippen molar-refractivity contribution < 1.29 is 17.6 Å². The molecule has 0 bridgehead atoms. The summed E-state index contributed by atoms with van der Waals surface area (Å²) in [4.78, 5) is 15.7. The van der Waals surface area contributed by atoms with Crippen molar-refractivity contribution in [1.82, 2.24) is 4.98 Å². The molecule has 1 aliphatic heterocycles. The lowest BCUT2D eigenvalue weighted by Gasteiger charge is -2.08. The van der Waals surface area contributed by atoms with Crippen LogP contribution in [0.15, 0.2) is 50.5 Å². The summed E-state index contributed by atoms with van der Waals surface area (Å²) in [7, 11) is 0. The van der Waals surface area contributed by atoms with Crippen LogP contribution in [0.4, 0.5) is 13.2 Å². The summed E-state index contributed by atoms with van der Waals surface area (Å²) in [6.45, 7) is 0. The minimum atomic E-state index is -4.51. The fraction of sp³-hybridized carbons (Fsp3) is 0.0769. The number of hydrogen-bond donors (Lipinski definition) is 0. The molecular weight excluding hydrogens is 291 g/mol. The highest BCUT2D eigenvalue weighted by atomic mass is 32.2. The molecule has 7 heteroatoms. The normalized spacial score (nSPS) is 12.2. The molecule has 1 aliphatic carbocycles. The fourth-order valence-corrected chi connectivity index (χ4v) is 2.38. The second-order valence-electron chi connectivity index (χ2n) is 3.97. The van der Waals surface area contributed by atoms with Crippen LogP contribution in [0.5, 0.6) is 0 Å². The Morgan fingerprint density at radius 3 is 2.60 bits per heavy atom. The van der Waals surface area contributed by atoms with Crippen LogP contribution < -0.4 is 5.43 Å². The molecule has 0 saturated carbocycles. The molecule has 1 aromatic rings. The van der Waals surface area contributed by atoms with E-state index in [1.54, 1.807) is 24.3 Å². The number of fused-ring (bicyclic) bond motifs is 2. The summed E-state index contributed by atoms with van der Waals surface area (Å²) in [5.74, 6) is 0.167. The number of para-hydroxylation sites is 2. The van der Waals surface area contributed by atoms with E-state index in [0.717, 1.165) is 6.07 Å². The van der Waals surface area contributed by atoms with E-state index in [-0.39, 0.29) is 11.5 Å². The summed E-state index contributed by atoms with van der Waals surface area (Å²) in [5, 5.41) is 0. The highest BCUT2D eigenvalue weighted by Crippen LogP contribution is 2.36. The van der Waals surface area contributed by atoms with Crippen molar-refractivity contribution in [2.45, 2.75) is 10.4 Å². The molecule has 1 aromatic carbocycles. The zero-order valence-electron chi connectivity index (χ0n) is 9.77. The Balaban J connectivity index is 2.24. The van der Waals surface area contributed by atoms with Gasteiger partial charge in [-0.1, -0.05) is 12.1 Å². The average molecular weight is 297 g/mol. The first-order valence-electron chi connectivity index (χ1n) is 5.52. The molecule has 0 unspecified atom stereocenters. The van der Waals surface area contributed by atoms with E-state index < -0.39 is 27.6 Å². The summed E-state index contributed by atoms with van der Waals surface area (Å²) >= 11 is -0.447. The minimum Gasteiger partial charge on any atom is -0.453 e. The van der Waals surface area contributed by atoms with Crippen LogP contribution in [0.25, 0.3) is 22.6 Å². The Morgan fingerprint density at radius 1 is 1.10 bits per heavy atom. The van der Waals surface area contributed by atoms with Gasteiger partial charge in [0.05, 0.1) is 4.90 Å². The quantitative estimate of drug-likeness (QED) is 0.504. The Morgan fingerprint density at radius 2 is 1.85 bits per heavy atom. The number of rotatable bonds is 1. The SMILES string of the molecule is O=c1c(SC(F)(F)F)ccc2oc3ccccc3nc1-2. The molecule has 0 fully saturated rings. The molecule has 102 valence electrons.